The molecule has 0 amide bonds. The summed E-state index contributed by atoms with van der Waals surface area (Å²) in [6.07, 6.45) is 7.03. The lowest BCUT2D eigenvalue weighted by atomic mass is 9.85. The van der Waals surface area contributed by atoms with E-state index in [-0.39, 0.29) is 6.61 Å². The largest absolute Gasteiger partial charge is 0.394 e. The van der Waals surface area contributed by atoms with Gasteiger partial charge in [-0.2, -0.15) is 0 Å². The van der Waals surface area contributed by atoms with Gasteiger partial charge in [0.15, 0.2) is 0 Å². The molecule has 0 bridgehead atoms. The standard InChI is InChI=1S/C12H23NO2/c14-8-9-15-12-4-6-13(7-5-12)10-11-2-1-3-11/h11-12,14H,1-10H2. The SMILES string of the molecule is OCCOC1CCN(CC2CCC2)CC1. The van der Waals surface area contributed by atoms with E-state index in [4.69, 9.17) is 9.84 Å². The minimum Gasteiger partial charge on any atom is -0.394 e. The first kappa shape index (κ1) is 11.4. The second-order valence-corrected chi connectivity index (χ2v) is 4.89. The molecule has 1 N–H and O–H groups in total. The van der Waals surface area contributed by atoms with Crippen LogP contribution in [-0.2, 0) is 4.74 Å². The summed E-state index contributed by atoms with van der Waals surface area (Å²) in [7, 11) is 0. The zero-order valence-electron chi connectivity index (χ0n) is 9.53. The van der Waals surface area contributed by atoms with Crippen molar-refractivity contribution < 1.29 is 9.84 Å². The number of hydrogen-bond donors (Lipinski definition) is 1. The summed E-state index contributed by atoms with van der Waals surface area (Å²) in [4.78, 5) is 2.59. The summed E-state index contributed by atoms with van der Waals surface area (Å²) in [5, 5.41) is 8.67. The number of aliphatic hydroxyl groups is 1. The van der Waals surface area contributed by atoms with Gasteiger partial charge in [0.25, 0.3) is 0 Å². The van der Waals surface area contributed by atoms with Crippen LogP contribution in [0.2, 0.25) is 0 Å². The van der Waals surface area contributed by atoms with Gasteiger partial charge in [-0.3, -0.25) is 0 Å². The molecule has 1 saturated carbocycles. The van der Waals surface area contributed by atoms with E-state index in [1.165, 1.54) is 38.9 Å². The van der Waals surface area contributed by atoms with E-state index in [1.807, 2.05) is 0 Å². The van der Waals surface area contributed by atoms with E-state index in [0.717, 1.165) is 18.8 Å². The van der Waals surface area contributed by atoms with Crippen molar-refractivity contribution >= 4 is 0 Å². The minimum absolute atomic E-state index is 0.155. The third kappa shape index (κ3) is 3.44. The average Bonchev–Trinajstić information content (AvgIpc) is 2.22. The fourth-order valence-corrected chi connectivity index (χ4v) is 2.52. The number of nitrogens with zero attached hydrogens (tertiary/aromatic N) is 1. The first-order valence-corrected chi connectivity index (χ1v) is 6.33. The van der Waals surface area contributed by atoms with Crippen molar-refractivity contribution in [3.8, 4) is 0 Å². The number of aliphatic hydroxyl groups excluding tert-OH is 1. The lowest BCUT2D eigenvalue weighted by molar-refractivity contribution is -0.0119. The molecule has 1 aliphatic heterocycles. The Labute approximate surface area is 92.4 Å². The molecule has 15 heavy (non-hydrogen) atoms. The fraction of sp³-hybridized carbons (Fsp3) is 1.00. The van der Waals surface area contributed by atoms with E-state index in [9.17, 15) is 0 Å². The van der Waals surface area contributed by atoms with Gasteiger partial charge in [0.2, 0.25) is 0 Å². The number of piperidine rings is 1. The molecule has 0 aromatic rings. The molecule has 0 unspecified atom stereocenters. The van der Waals surface area contributed by atoms with Crippen molar-refractivity contribution in [1.29, 1.82) is 0 Å². The summed E-state index contributed by atoms with van der Waals surface area (Å²) < 4.78 is 5.55. The molecule has 0 aromatic heterocycles. The number of hydrogen-bond acceptors (Lipinski definition) is 3. The molecule has 0 radical (unpaired) electrons. The Bertz CT molecular complexity index is 174. The average molecular weight is 213 g/mol. The van der Waals surface area contributed by atoms with Crippen molar-refractivity contribution in [2.24, 2.45) is 5.92 Å². The van der Waals surface area contributed by atoms with E-state index >= 15 is 0 Å². The summed E-state index contributed by atoms with van der Waals surface area (Å²) in [5.74, 6) is 0.986. The molecule has 1 heterocycles. The molecular formula is C12H23NO2. The van der Waals surface area contributed by atoms with Gasteiger partial charge in [0.1, 0.15) is 0 Å². The van der Waals surface area contributed by atoms with Gasteiger partial charge in [-0.1, -0.05) is 6.42 Å². The van der Waals surface area contributed by atoms with Gasteiger partial charge in [-0.05, 0) is 31.6 Å². The zero-order valence-corrected chi connectivity index (χ0v) is 9.53. The highest BCUT2D eigenvalue weighted by atomic mass is 16.5. The Balaban J connectivity index is 1.58. The van der Waals surface area contributed by atoms with E-state index < -0.39 is 0 Å². The second kappa shape index (κ2) is 5.83. The van der Waals surface area contributed by atoms with Crippen LogP contribution >= 0.6 is 0 Å². The van der Waals surface area contributed by atoms with Gasteiger partial charge in [0, 0.05) is 19.6 Å². The molecule has 0 spiro atoms. The molecule has 1 aliphatic carbocycles. The third-order valence-corrected chi connectivity index (χ3v) is 3.72. The number of ether oxygens (including phenoxy) is 1. The molecule has 2 fully saturated rings. The molecule has 2 aliphatic rings. The highest BCUT2D eigenvalue weighted by molar-refractivity contribution is 4.78. The normalized spacial score (nSPS) is 25.4. The van der Waals surface area contributed by atoms with Crippen LogP contribution < -0.4 is 0 Å². The summed E-state index contributed by atoms with van der Waals surface area (Å²) >= 11 is 0. The van der Waals surface area contributed by atoms with E-state index in [1.54, 1.807) is 0 Å². The molecule has 3 nitrogen and oxygen atoms in total. The van der Waals surface area contributed by atoms with Gasteiger partial charge in [-0.25, -0.2) is 0 Å². The highest BCUT2D eigenvalue weighted by Gasteiger charge is 2.24. The summed E-state index contributed by atoms with van der Waals surface area (Å²) in [6.45, 7) is 4.35. The van der Waals surface area contributed by atoms with Crippen LogP contribution in [0.1, 0.15) is 32.1 Å². The predicted molar refractivity (Wildman–Crippen MR) is 59.8 cm³/mol. The molecule has 3 heteroatoms. The van der Waals surface area contributed by atoms with E-state index in [2.05, 4.69) is 4.90 Å². The molecular weight excluding hydrogens is 190 g/mol. The molecule has 0 aromatic carbocycles. The minimum atomic E-state index is 0.155. The highest BCUT2D eigenvalue weighted by Crippen LogP contribution is 2.28. The first-order valence-electron chi connectivity index (χ1n) is 6.33. The van der Waals surface area contributed by atoms with Crippen molar-refractivity contribution in [3.63, 3.8) is 0 Å². The molecule has 1 saturated heterocycles. The molecule has 88 valence electrons. The Morgan fingerprint density at radius 2 is 1.87 bits per heavy atom. The Hall–Kier alpha value is -0.120. The lowest BCUT2D eigenvalue weighted by Crippen LogP contribution is -2.41. The van der Waals surface area contributed by atoms with Crippen LogP contribution in [0.3, 0.4) is 0 Å². The van der Waals surface area contributed by atoms with Crippen LogP contribution in [0, 0.1) is 5.92 Å². The topological polar surface area (TPSA) is 32.7 Å². The van der Waals surface area contributed by atoms with Crippen LogP contribution in [0.5, 0.6) is 0 Å². The van der Waals surface area contributed by atoms with Gasteiger partial charge in [0.05, 0.1) is 19.3 Å². The van der Waals surface area contributed by atoms with Crippen molar-refractivity contribution in [2.45, 2.75) is 38.2 Å². The van der Waals surface area contributed by atoms with Crippen molar-refractivity contribution in [2.75, 3.05) is 32.8 Å². The molecule has 2 rings (SSSR count). The lowest BCUT2D eigenvalue weighted by Gasteiger charge is -2.36. The van der Waals surface area contributed by atoms with E-state index in [0.29, 0.717) is 12.7 Å². The Morgan fingerprint density at radius 3 is 2.40 bits per heavy atom. The van der Waals surface area contributed by atoms with Crippen LogP contribution in [0.4, 0.5) is 0 Å². The van der Waals surface area contributed by atoms with Gasteiger partial charge in [-0.15, -0.1) is 0 Å². The Kier molecular flexibility index (Phi) is 4.42. The summed E-state index contributed by atoms with van der Waals surface area (Å²) in [5.41, 5.74) is 0. The fourth-order valence-electron chi connectivity index (χ4n) is 2.52. The van der Waals surface area contributed by atoms with Crippen LogP contribution in [0.15, 0.2) is 0 Å². The van der Waals surface area contributed by atoms with Crippen LogP contribution in [0.25, 0.3) is 0 Å². The van der Waals surface area contributed by atoms with Gasteiger partial charge >= 0.3 is 0 Å². The maximum atomic E-state index is 8.67. The number of rotatable bonds is 5. The maximum Gasteiger partial charge on any atom is 0.0701 e. The summed E-state index contributed by atoms with van der Waals surface area (Å²) in [6, 6.07) is 0. The third-order valence-electron chi connectivity index (χ3n) is 3.72. The zero-order chi connectivity index (χ0) is 10.5. The quantitative estimate of drug-likeness (QED) is 0.746. The van der Waals surface area contributed by atoms with Gasteiger partial charge < -0.3 is 14.7 Å². The smallest absolute Gasteiger partial charge is 0.0701 e. The molecule has 0 atom stereocenters. The first-order chi connectivity index (χ1) is 7.38. The Morgan fingerprint density at radius 1 is 1.13 bits per heavy atom. The van der Waals surface area contributed by atoms with Crippen molar-refractivity contribution in [1.82, 2.24) is 4.90 Å². The predicted octanol–water partition coefficient (Wildman–Crippen LogP) is 1.26. The second-order valence-electron chi connectivity index (χ2n) is 4.89. The van der Waals surface area contributed by atoms with Crippen molar-refractivity contribution in [3.05, 3.63) is 0 Å². The monoisotopic (exact) mass is 213 g/mol. The number of likely N-dealkylation sites (tertiary alicyclic amines) is 1. The maximum absolute atomic E-state index is 8.67. The van der Waals surface area contributed by atoms with Crippen LogP contribution in [-0.4, -0.2) is 49.0 Å².